The van der Waals surface area contributed by atoms with E-state index in [1.807, 2.05) is 6.07 Å². The number of pyridine rings is 1. The predicted octanol–water partition coefficient (Wildman–Crippen LogP) is 2.53. The topological polar surface area (TPSA) is 76.3 Å². The zero-order chi connectivity index (χ0) is 15.5. The van der Waals surface area contributed by atoms with Gasteiger partial charge in [0.05, 0.1) is 17.3 Å². The van der Waals surface area contributed by atoms with E-state index in [1.165, 1.54) is 16.4 Å². The highest BCUT2D eigenvalue weighted by atomic mass is 35.5. The van der Waals surface area contributed by atoms with Crippen LogP contribution in [0.5, 0.6) is 0 Å². The van der Waals surface area contributed by atoms with Crippen molar-refractivity contribution in [2.24, 2.45) is 0 Å². The molecule has 0 fully saturated rings. The van der Waals surface area contributed by atoms with Gasteiger partial charge in [-0.2, -0.15) is 4.31 Å². The fourth-order valence-electron chi connectivity index (χ4n) is 1.90. The second-order valence-corrected chi connectivity index (χ2v) is 6.76. The van der Waals surface area contributed by atoms with Crippen molar-refractivity contribution < 1.29 is 8.42 Å². The molecule has 1 heterocycles. The van der Waals surface area contributed by atoms with Crippen molar-refractivity contribution in [3.8, 4) is 0 Å². The zero-order valence-electron chi connectivity index (χ0n) is 11.5. The summed E-state index contributed by atoms with van der Waals surface area (Å²) < 4.78 is 26.7. The Kier molecular flexibility index (Phi) is 4.82. The van der Waals surface area contributed by atoms with Crippen molar-refractivity contribution in [2.45, 2.75) is 18.4 Å². The maximum Gasteiger partial charge on any atom is 0.244 e. The molecule has 0 amide bonds. The fraction of sp³-hybridized carbons (Fsp3) is 0.214. The molecule has 0 saturated heterocycles. The minimum Gasteiger partial charge on any atom is -0.399 e. The quantitative estimate of drug-likeness (QED) is 0.857. The third-order valence-corrected chi connectivity index (χ3v) is 5.39. The fourth-order valence-corrected chi connectivity index (χ4v) is 3.83. The van der Waals surface area contributed by atoms with Gasteiger partial charge >= 0.3 is 0 Å². The van der Waals surface area contributed by atoms with E-state index in [0.29, 0.717) is 17.9 Å². The maximum atomic E-state index is 12.7. The van der Waals surface area contributed by atoms with Gasteiger partial charge in [0, 0.05) is 18.4 Å². The zero-order valence-corrected chi connectivity index (χ0v) is 13.1. The molecule has 0 aliphatic heterocycles. The van der Waals surface area contributed by atoms with E-state index in [1.54, 1.807) is 31.3 Å². The Labute approximate surface area is 129 Å². The summed E-state index contributed by atoms with van der Waals surface area (Å²) in [6.07, 6.45) is 1.63. The van der Waals surface area contributed by atoms with Crippen LogP contribution in [0.25, 0.3) is 0 Å². The van der Waals surface area contributed by atoms with Crippen molar-refractivity contribution in [3.05, 3.63) is 53.3 Å². The first-order chi connectivity index (χ1) is 9.95. The first-order valence-corrected chi connectivity index (χ1v) is 8.22. The van der Waals surface area contributed by atoms with Gasteiger partial charge in [-0.05, 0) is 30.3 Å². The average molecular weight is 326 g/mol. The number of aromatic nitrogens is 1. The van der Waals surface area contributed by atoms with Crippen LogP contribution < -0.4 is 5.73 Å². The normalized spacial score (nSPS) is 11.8. The molecule has 1 aromatic carbocycles. The second-order valence-electron chi connectivity index (χ2n) is 4.44. The number of nitrogen functional groups attached to an aromatic ring is 1. The molecule has 112 valence electrons. The summed E-state index contributed by atoms with van der Waals surface area (Å²) in [4.78, 5) is 4.17. The standard InChI is InChI=1S/C14H16ClN3O2S/c1-2-18(10-12-5-3-4-8-17-12)21(19,20)14-9-11(16)6-7-13(14)15/h3-9H,2,10,16H2,1H3. The van der Waals surface area contributed by atoms with Gasteiger partial charge in [-0.25, -0.2) is 8.42 Å². The average Bonchev–Trinajstić information content (AvgIpc) is 2.48. The first-order valence-electron chi connectivity index (χ1n) is 6.40. The number of hydrogen-bond acceptors (Lipinski definition) is 4. The SMILES string of the molecule is CCN(Cc1ccccn1)S(=O)(=O)c1cc(N)ccc1Cl. The van der Waals surface area contributed by atoms with Crippen LogP contribution in [-0.4, -0.2) is 24.3 Å². The summed E-state index contributed by atoms with van der Waals surface area (Å²) in [7, 11) is -3.72. The summed E-state index contributed by atoms with van der Waals surface area (Å²) in [6, 6.07) is 9.80. The third kappa shape index (κ3) is 3.53. The summed E-state index contributed by atoms with van der Waals surface area (Å²) in [6.45, 7) is 2.26. The van der Waals surface area contributed by atoms with Crippen LogP contribution in [0.15, 0.2) is 47.5 Å². The number of anilines is 1. The van der Waals surface area contributed by atoms with E-state index < -0.39 is 10.0 Å². The number of benzene rings is 1. The lowest BCUT2D eigenvalue weighted by atomic mass is 10.3. The Hall–Kier alpha value is -1.63. The lowest BCUT2D eigenvalue weighted by Gasteiger charge is -2.21. The van der Waals surface area contributed by atoms with E-state index in [-0.39, 0.29) is 16.5 Å². The highest BCUT2D eigenvalue weighted by Gasteiger charge is 2.26. The van der Waals surface area contributed by atoms with Crippen molar-refractivity contribution in [2.75, 3.05) is 12.3 Å². The van der Waals surface area contributed by atoms with Gasteiger partial charge in [0.2, 0.25) is 10.0 Å². The van der Waals surface area contributed by atoms with Crippen LogP contribution in [0.4, 0.5) is 5.69 Å². The molecule has 0 bridgehead atoms. The molecule has 0 atom stereocenters. The van der Waals surface area contributed by atoms with Crippen LogP contribution >= 0.6 is 11.6 Å². The Morgan fingerprint density at radius 3 is 2.67 bits per heavy atom. The van der Waals surface area contributed by atoms with E-state index >= 15 is 0 Å². The predicted molar refractivity (Wildman–Crippen MR) is 83.4 cm³/mol. The highest BCUT2D eigenvalue weighted by molar-refractivity contribution is 7.89. The van der Waals surface area contributed by atoms with Crippen LogP contribution in [0.2, 0.25) is 5.02 Å². The third-order valence-electron chi connectivity index (χ3n) is 2.99. The van der Waals surface area contributed by atoms with E-state index in [2.05, 4.69) is 4.98 Å². The Morgan fingerprint density at radius 1 is 1.29 bits per heavy atom. The van der Waals surface area contributed by atoms with E-state index in [4.69, 9.17) is 17.3 Å². The number of halogens is 1. The van der Waals surface area contributed by atoms with Crippen molar-refractivity contribution in [1.29, 1.82) is 0 Å². The molecule has 1 aromatic heterocycles. The summed E-state index contributed by atoms with van der Waals surface area (Å²) in [5.41, 5.74) is 6.69. The van der Waals surface area contributed by atoms with Crippen LogP contribution in [0.3, 0.4) is 0 Å². The molecule has 2 N–H and O–H groups in total. The number of nitrogens with zero attached hydrogens (tertiary/aromatic N) is 2. The molecule has 2 aromatic rings. The van der Waals surface area contributed by atoms with Crippen LogP contribution in [0, 0.1) is 0 Å². The van der Waals surface area contributed by atoms with Gasteiger partial charge in [-0.3, -0.25) is 4.98 Å². The summed E-state index contributed by atoms with van der Waals surface area (Å²) in [5.74, 6) is 0. The van der Waals surface area contributed by atoms with Gasteiger partial charge < -0.3 is 5.73 Å². The van der Waals surface area contributed by atoms with Gasteiger partial charge in [-0.15, -0.1) is 0 Å². The van der Waals surface area contributed by atoms with E-state index in [0.717, 1.165) is 0 Å². The van der Waals surface area contributed by atoms with E-state index in [9.17, 15) is 8.42 Å². The lowest BCUT2D eigenvalue weighted by Crippen LogP contribution is -2.31. The number of nitrogens with two attached hydrogens (primary N) is 1. The Morgan fingerprint density at radius 2 is 2.05 bits per heavy atom. The summed E-state index contributed by atoms with van der Waals surface area (Å²) >= 11 is 6.01. The molecule has 0 aliphatic rings. The number of rotatable bonds is 5. The monoisotopic (exact) mass is 325 g/mol. The Bertz CT molecular complexity index is 720. The molecule has 0 saturated carbocycles. The second kappa shape index (κ2) is 6.43. The highest BCUT2D eigenvalue weighted by Crippen LogP contribution is 2.27. The molecular weight excluding hydrogens is 310 g/mol. The minimum atomic E-state index is -3.72. The number of hydrogen-bond donors (Lipinski definition) is 1. The van der Waals surface area contributed by atoms with Gasteiger partial charge in [-0.1, -0.05) is 24.6 Å². The van der Waals surface area contributed by atoms with Gasteiger partial charge in [0.25, 0.3) is 0 Å². The molecule has 0 unspecified atom stereocenters. The molecule has 5 nitrogen and oxygen atoms in total. The molecule has 2 rings (SSSR count). The molecule has 21 heavy (non-hydrogen) atoms. The van der Waals surface area contributed by atoms with Gasteiger partial charge in [0.15, 0.2) is 0 Å². The van der Waals surface area contributed by atoms with Crippen molar-refractivity contribution in [1.82, 2.24) is 9.29 Å². The minimum absolute atomic E-state index is 0.0157. The molecular formula is C14H16ClN3O2S. The molecule has 7 heteroatoms. The van der Waals surface area contributed by atoms with Crippen LogP contribution in [-0.2, 0) is 16.6 Å². The first kappa shape index (κ1) is 15.8. The van der Waals surface area contributed by atoms with Crippen molar-refractivity contribution in [3.63, 3.8) is 0 Å². The van der Waals surface area contributed by atoms with Gasteiger partial charge in [0.1, 0.15) is 4.90 Å². The largest absolute Gasteiger partial charge is 0.399 e. The molecule has 0 spiro atoms. The molecule has 0 radical (unpaired) electrons. The maximum absolute atomic E-state index is 12.7. The number of sulfonamides is 1. The van der Waals surface area contributed by atoms with Crippen LogP contribution in [0.1, 0.15) is 12.6 Å². The Balaban J connectivity index is 2.38. The smallest absolute Gasteiger partial charge is 0.244 e. The van der Waals surface area contributed by atoms with Crippen molar-refractivity contribution >= 4 is 27.3 Å². The summed E-state index contributed by atoms with van der Waals surface area (Å²) in [5, 5.41) is 0.156. The molecule has 0 aliphatic carbocycles. The lowest BCUT2D eigenvalue weighted by molar-refractivity contribution is 0.419.